The van der Waals surface area contributed by atoms with Crippen molar-refractivity contribution in [2.45, 2.75) is 20.3 Å². The van der Waals surface area contributed by atoms with Crippen LogP contribution in [-0.2, 0) is 4.79 Å². The Morgan fingerprint density at radius 2 is 2.25 bits per heavy atom. The molecule has 0 atom stereocenters. The molecule has 0 aromatic heterocycles. The number of hydrogen-bond donors (Lipinski definition) is 1. The van der Waals surface area contributed by atoms with Gasteiger partial charge in [-0.2, -0.15) is 0 Å². The Balaban J connectivity index is 3.07. The molecule has 1 aromatic carbocycles. The minimum absolute atomic E-state index is 0.00815. The first-order valence-electron chi connectivity index (χ1n) is 5.31. The van der Waals surface area contributed by atoms with Crippen LogP contribution in [0.25, 0.3) is 0 Å². The van der Waals surface area contributed by atoms with Gasteiger partial charge in [-0.05, 0) is 25.5 Å². The Hall–Kier alpha value is -1.77. The molecule has 0 aliphatic carbocycles. The van der Waals surface area contributed by atoms with Gasteiger partial charge >= 0.3 is 0 Å². The number of amides is 1. The molecule has 1 N–H and O–H groups in total. The number of phenolic OH excluding ortho intramolecular Hbond substituents is 1. The Kier molecular flexibility index (Phi) is 4.11. The van der Waals surface area contributed by atoms with E-state index in [1.165, 1.54) is 0 Å². The van der Waals surface area contributed by atoms with E-state index in [-0.39, 0.29) is 11.7 Å². The first-order chi connectivity index (χ1) is 7.60. The minimum Gasteiger partial charge on any atom is -0.508 e. The van der Waals surface area contributed by atoms with Crippen LogP contribution in [0.3, 0.4) is 0 Å². The molecule has 0 unspecified atom stereocenters. The molecular formula is C13H17NO2. The van der Waals surface area contributed by atoms with Crippen molar-refractivity contribution < 1.29 is 9.90 Å². The summed E-state index contributed by atoms with van der Waals surface area (Å²) in [5.74, 6) is 0.164. The fourth-order valence-electron chi connectivity index (χ4n) is 1.60. The fraction of sp³-hybridized carbons (Fsp3) is 0.308. The number of aromatic hydroxyl groups is 1. The van der Waals surface area contributed by atoms with Gasteiger partial charge in [-0.3, -0.25) is 4.79 Å². The first kappa shape index (κ1) is 12.3. The maximum Gasteiger partial charge on any atom is 0.230 e. The van der Waals surface area contributed by atoms with Crippen LogP contribution < -0.4 is 4.90 Å². The molecule has 0 heterocycles. The maximum absolute atomic E-state index is 11.8. The number of hydrogen-bond acceptors (Lipinski definition) is 2. The highest BCUT2D eigenvalue weighted by Crippen LogP contribution is 2.25. The van der Waals surface area contributed by atoms with Crippen molar-refractivity contribution in [1.82, 2.24) is 0 Å². The second-order valence-corrected chi connectivity index (χ2v) is 3.60. The zero-order valence-corrected chi connectivity index (χ0v) is 9.73. The molecule has 1 amide bonds. The number of rotatable bonds is 4. The Morgan fingerprint density at radius 3 is 2.81 bits per heavy atom. The molecule has 0 bridgehead atoms. The van der Waals surface area contributed by atoms with Gasteiger partial charge in [-0.15, -0.1) is 6.58 Å². The van der Waals surface area contributed by atoms with Crippen LogP contribution in [-0.4, -0.2) is 17.6 Å². The van der Waals surface area contributed by atoms with Crippen LogP contribution in [0.5, 0.6) is 5.75 Å². The van der Waals surface area contributed by atoms with Crippen LogP contribution in [0.1, 0.15) is 18.9 Å². The summed E-state index contributed by atoms with van der Waals surface area (Å²) < 4.78 is 0. The zero-order chi connectivity index (χ0) is 12.1. The van der Waals surface area contributed by atoms with Gasteiger partial charge < -0.3 is 10.0 Å². The van der Waals surface area contributed by atoms with Crippen LogP contribution in [0, 0.1) is 6.92 Å². The summed E-state index contributed by atoms with van der Waals surface area (Å²) in [5, 5.41) is 9.44. The van der Waals surface area contributed by atoms with Gasteiger partial charge in [0.15, 0.2) is 0 Å². The van der Waals surface area contributed by atoms with Crippen molar-refractivity contribution in [2.75, 3.05) is 11.4 Å². The van der Waals surface area contributed by atoms with Crippen LogP contribution >= 0.6 is 0 Å². The van der Waals surface area contributed by atoms with Gasteiger partial charge in [0.1, 0.15) is 5.75 Å². The van der Waals surface area contributed by atoms with Crippen molar-refractivity contribution in [1.29, 1.82) is 0 Å². The summed E-state index contributed by atoms with van der Waals surface area (Å²) in [6.45, 7) is 7.96. The summed E-state index contributed by atoms with van der Waals surface area (Å²) in [4.78, 5) is 13.5. The SMILES string of the molecule is C=CCC(=O)N(CC)c1cc(O)ccc1C. The smallest absolute Gasteiger partial charge is 0.230 e. The lowest BCUT2D eigenvalue weighted by Crippen LogP contribution is -2.30. The highest BCUT2D eigenvalue weighted by atomic mass is 16.3. The highest BCUT2D eigenvalue weighted by Gasteiger charge is 2.14. The number of anilines is 1. The Morgan fingerprint density at radius 1 is 1.56 bits per heavy atom. The third kappa shape index (κ3) is 2.63. The first-order valence-corrected chi connectivity index (χ1v) is 5.31. The second-order valence-electron chi connectivity index (χ2n) is 3.60. The number of carbonyl (C=O) groups excluding carboxylic acids is 1. The molecule has 0 aliphatic rings. The molecule has 16 heavy (non-hydrogen) atoms. The standard InChI is InChI=1S/C13H17NO2/c1-4-6-13(16)14(5-2)12-9-11(15)8-7-10(12)3/h4,7-9,15H,1,5-6H2,2-3H3. The number of nitrogens with zero attached hydrogens (tertiary/aromatic N) is 1. The van der Waals surface area contributed by atoms with Crippen molar-refractivity contribution >= 4 is 11.6 Å². The molecule has 0 saturated carbocycles. The lowest BCUT2D eigenvalue weighted by Gasteiger charge is -2.22. The van der Waals surface area contributed by atoms with Gasteiger partial charge in [-0.1, -0.05) is 12.1 Å². The van der Waals surface area contributed by atoms with Crippen LogP contribution in [0.2, 0.25) is 0 Å². The van der Waals surface area contributed by atoms with E-state index in [2.05, 4.69) is 6.58 Å². The molecule has 3 heteroatoms. The van der Waals surface area contributed by atoms with Gasteiger partial charge in [0.2, 0.25) is 5.91 Å². The summed E-state index contributed by atoms with van der Waals surface area (Å²) in [6, 6.07) is 5.03. The summed E-state index contributed by atoms with van der Waals surface area (Å²) >= 11 is 0. The third-order valence-electron chi connectivity index (χ3n) is 2.42. The average molecular weight is 219 g/mol. The van der Waals surface area contributed by atoms with Gasteiger partial charge in [0.25, 0.3) is 0 Å². The Bertz CT molecular complexity index is 399. The van der Waals surface area contributed by atoms with Crippen molar-refractivity contribution in [2.24, 2.45) is 0 Å². The van der Waals surface area contributed by atoms with Crippen molar-refractivity contribution in [3.63, 3.8) is 0 Å². The fourth-order valence-corrected chi connectivity index (χ4v) is 1.60. The molecule has 1 aromatic rings. The van der Waals surface area contributed by atoms with E-state index < -0.39 is 0 Å². The van der Waals surface area contributed by atoms with Crippen LogP contribution in [0.4, 0.5) is 5.69 Å². The molecule has 0 saturated heterocycles. The summed E-state index contributed by atoms with van der Waals surface area (Å²) in [5.41, 5.74) is 1.73. The van der Waals surface area contributed by atoms with E-state index >= 15 is 0 Å². The largest absolute Gasteiger partial charge is 0.508 e. The van der Waals surface area contributed by atoms with E-state index in [0.29, 0.717) is 13.0 Å². The normalized spacial score (nSPS) is 9.88. The zero-order valence-electron chi connectivity index (χ0n) is 9.73. The van der Waals surface area contributed by atoms with E-state index in [0.717, 1.165) is 11.3 Å². The van der Waals surface area contributed by atoms with E-state index in [9.17, 15) is 9.90 Å². The molecule has 0 radical (unpaired) electrons. The van der Waals surface area contributed by atoms with Gasteiger partial charge in [0.05, 0.1) is 5.69 Å². The summed E-state index contributed by atoms with van der Waals surface area (Å²) in [6.07, 6.45) is 1.89. The predicted octanol–water partition coefficient (Wildman–Crippen LogP) is 2.63. The molecule has 0 spiro atoms. The van der Waals surface area contributed by atoms with Gasteiger partial charge in [-0.25, -0.2) is 0 Å². The molecular weight excluding hydrogens is 202 g/mol. The minimum atomic E-state index is -0.00815. The maximum atomic E-state index is 11.8. The predicted molar refractivity (Wildman–Crippen MR) is 65.7 cm³/mol. The topological polar surface area (TPSA) is 40.5 Å². The summed E-state index contributed by atoms with van der Waals surface area (Å²) in [7, 11) is 0. The number of phenols is 1. The van der Waals surface area contributed by atoms with Gasteiger partial charge in [0, 0.05) is 19.0 Å². The van der Waals surface area contributed by atoms with E-state index in [4.69, 9.17) is 0 Å². The number of benzene rings is 1. The molecule has 3 nitrogen and oxygen atoms in total. The van der Waals surface area contributed by atoms with Crippen molar-refractivity contribution in [3.05, 3.63) is 36.4 Å². The molecule has 0 aliphatic heterocycles. The van der Waals surface area contributed by atoms with Crippen molar-refractivity contribution in [3.8, 4) is 5.75 Å². The second kappa shape index (κ2) is 5.35. The molecule has 1 rings (SSSR count). The van der Waals surface area contributed by atoms with E-state index in [1.807, 2.05) is 13.8 Å². The molecule has 86 valence electrons. The monoisotopic (exact) mass is 219 g/mol. The highest BCUT2D eigenvalue weighted by molar-refractivity contribution is 5.95. The average Bonchev–Trinajstić information content (AvgIpc) is 2.24. The number of aryl methyl sites for hydroxylation is 1. The lowest BCUT2D eigenvalue weighted by atomic mass is 10.1. The Labute approximate surface area is 96.0 Å². The number of carbonyl (C=O) groups is 1. The quantitative estimate of drug-likeness (QED) is 0.791. The van der Waals surface area contributed by atoms with Crippen LogP contribution in [0.15, 0.2) is 30.9 Å². The van der Waals surface area contributed by atoms with E-state index in [1.54, 1.807) is 29.2 Å². The lowest BCUT2D eigenvalue weighted by molar-refractivity contribution is -0.117. The third-order valence-corrected chi connectivity index (χ3v) is 2.42. The molecule has 0 fully saturated rings.